The molecular formula is C25H50N6O6. The fourth-order valence-electron chi connectivity index (χ4n) is 3.35. The minimum Gasteiger partial charge on any atom is -0.380 e. The molecule has 0 radical (unpaired) electrons. The summed E-state index contributed by atoms with van der Waals surface area (Å²) in [5.74, 6) is -0.296. The molecule has 37 heavy (non-hydrogen) atoms. The fourth-order valence-corrected chi connectivity index (χ4v) is 3.35. The van der Waals surface area contributed by atoms with Gasteiger partial charge in [-0.1, -0.05) is 10.4 Å². The van der Waals surface area contributed by atoms with Crippen LogP contribution in [0.1, 0.15) is 67.7 Å². The molecule has 0 aromatic carbocycles. The first-order valence-electron chi connectivity index (χ1n) is 13.2. The second-order valence-corrected chi connectivity index (χ2v) is 10.5. The van der Waals surface area contributed by atoms with Gasteiger partial charge >= 0.3 is 0 Å². The van der Waals surface area contributed by atoms with Crippen LogP contribution in [0.15, 0.2) is 10.4 Å². The summed E-state index contributed by atoms with van der Waals surface area (Å²) in [7, 11) is 0. The number of nitrogens with one attached hydrogen (secondary N) is 4. The lowest BCUT2D eigenvalue weighted by atomic mass is 9.92. The van der Waals surface area contributed by atoms with Gasteiger partial charge in [-0.05, 0) is 86.7 Å². The summed E-state index contributed by atoms with van der Waals surface area (Å²) < 4.78 is 10.3. The van der Waals surface area contributed by atoms with Crippen molar-refractivity contribution < 1.29 is 19.1 Å². The quantitative estimate of drug-likeness (QED) is 0.115. The Balaban J connectivity index is 4.57. The molecule has 0 fully saturated rings. The van der Waals surface area contributed by atoms with Crippen LogP contribution in [0.5, 0.6) is 0 Å². The van der Waals surface area contributed by atoms with Crippen LogP contribution in [-0.2, 0) is 19.1 Å². The highest BCUT2D eigenvalue weighted by Gasteiger charge is 2.27. The molecule has 216 valence electrons. The molecule has 2 atom stereocenters. The number of carbonyl (C=O) groups is 2. The van der Waals surface area contributed by atoms with E-state index in [0.29, 0.717) is 39.4 Å². The van der Waals surface area contributed by atoms with Crippen molar-refractivity contribution in [3.05, 3.63) is 9.81 Å². The SMILES string of the molecule is CCOCCNC(=O)COCC(=O)NCCC(CCNC(C)(C)C(C)N=O)CCNC(C)(C)C(C)N=O. The molecule has 0 heterocycles. The first-order chi connectivity index (χ1) is 17.4. The zero-order chi connectivity index (χ0) is 28.3. The number of rotatable bonds is 23. The van der Waals surface area contributed by atoms with Gasteiger partial charge in [0.15, 0.2) is 0 Å². The smallest absolute Gasteiger partial charge is 0.246 e. The van der Waals surface area contributed by atoms with Crippen LogP contribution in [0.3, 0.4) is 0 Å². The van der Waals surface area contributed by atoms with E-state index in [1.54, 1.807) is 13.8 Å². The highest BCUT2D eigenvalue weighted by Crippen LogP contribution is 2.17. The van der Waals surface area contributed by atoms with E-state index in [9.17, 15) is 19.4 Å². The fraction of sp³-hybridized carbons (Fsp3) is 0.920. The molecule has 0 aliphatic rings. The van der Waals surface area contributed by atoms with Crippen molar-refractivity contribution in [3.8, 4) is 0 Å². The Morgan fingerprint density at radius 3 is 1.59 bits per heavy atom. The highest BCUT2D eigenvalue weighted by atomic mass is 16.5. The van der Waals surface area contributed by atoms with Crippen molar-refractivity contribution in [2.24, 2.45) is 16.3 Å². The third-order valence-electron chi connectivity index (χ3n) is 6.79. The molecule has 12 heteroatoms. The number of ether oxygens (including phenoxy) is 2. The predicted octanol–water partition coefficient (Wildman–Crippen LogP) is 2.10. The molecule has 2 amide bonds. The molecule has 0 aliphatic heterocycles. The minimum absolute atomic E-state index is 0.187. The van der Waals surface area contributed by atoms with Crippen LogP contribution in [0.2, 0.25) is 0 Å². The molecule has 0 aromatic heterocycles. The second kappa shape index (κ2) is 19.1. The summed E-state index contributed by atoms with van der Waals surface area (Å²) in [4.78, 5) is 45.7. The highest BCUT2D eigenvalue weighted by molar-refractivity contribution is 5.79. The van der Waals surface area contributed by atoms with Crippen LogP contribution >= 0.6 is 0 Å². The first kappa shape index (κ1) is 35.0. The first-order valence-corrected chi connectivity index (χ1v) is 13.2. The van der Waals surface area contributed by atoms with E-state index < -0.39 is 11.1 Å². The monoisotopic (exact) mass is 530 g/mol. The van der Waals surface area contributed by atoms with Gasteiger partial charge in [0.2, 0.25) is 11.8 Å². The third kappa shape index (κ3) is 16.4. The molecule has 12 nitrogen and oxygen atoms in total. The second-order valence-electron chi connectivity index (χ2n) is 10.5. The van der Waals surface area contributed by atoms with Crippen molar-refractivity contribution in [1.82, 2.24) is 21.3 Å². The number of hydrogen-bond donors (Lipinski definition) is 4. The lowest BCUT2D eigenvalue weighted by Crippen LogP contribution is -2.48. The molecule has 2 unspecified atom stereocenters. The number of amides is 2. The lowest BCUT2D eigenvalue weighted by Gasteiger charge is -2.31. The number of nitrogens with zero attached hydrogens (tertiary/aromatic N) is 2. The van der Waals surface area contributed by atoms with Gasteiger partial charge in [0.05, 0.1) is 6.61 Å². The normalized spacial score (nSPS) is 14.5. The third-order valence-corrected chi connectivity index (χ3v) is 6.79. The molecule has 0 aliphatic carbocycles. The Kier molecular flexibility index (Phi) is 18.1. The maximum Gasteiger partial charge on any atom is 0.246 e. The average Bonchev–Trinajstić information content (AvgIpc) is 2.84. The van der Waals surface area contributed by atoms with E-state index >= 15 is 0 Å². The number of carbonyl (C=O) groups excluding carboxylic acids is 2. The Hall–Kier alpha value is -2.02. The molecule has 0 bridgehead atoms. The van der Waals surface area contributed by atoms with Crippen LogP contribution < -0.4 is 21.3 Å². The van der Waals surface area contributed by atoms with Crippen LogP contribution in [-0.4, -0.2) is 87.6 Å². The Morgan fingerprint density at radius 2 is 1.16 bits per heavy atom. The maximum absolute atomic E-state index is 12.1. The van der Waals surface area contributed by atoms with Gasteiger partial charge in [0.1, 0.15) is 25.3 Å². The standard InChI is InChI=1S/C25H50N6O6/c1-8-36-16-15-27-23(33)18-37-17-22(32)26-12-9-21(10-13-28-24(4,5)19(2)30-34)11-14-29-25(6,7)20(3)31-35/h19-21,28-29H,8-18H2,1-7H3,(H,26,32)(H,27,33). The summed E-state index contributed by atoms with van der Waals surface area (Å²) in [6.45, 7) is 16.2. The summed E-state index contributed by atoms with van der Waals surface area (Å²) in [6.07, 6.45) is 2.43. The number of hydrogen-bond acceptors (Lipinski definition) is 10. The Morgan fingerprint density at radius 1 is 0.730 bits per heavy atom. The summed E-state index contributed by atoms with van der Waals surface area (Å²) in [6, 6.07) is -0.728. The van der Waals surface area contributed by atoms with Gasteiger partial charge in [-0.3, -0.25) is 9.59 Å². The van der Waals surface area contributed by atoms with Gasteiger partial charge in [0, 0.05) is 30.8 Å². The maximum atomic E-state index is 12.1. The van der Waals surface area contributed by atoms with Crippen molar-refractivity contribution >= 4 is 11.8 Å². The van der Waals surface area contributed by atoms with E-state index in [4.69, 9.17) is 9.47 Å². The van der Waals surface area contributed by atoms with Crippen molar-refractivity contribution in [2.45, 2.75) is 90.9 Å². The van der Waals surface area contributed by atoms with Gasteiger partial charge in [-0.2, -0.15) is 9.81 Å². The summed E-state index contributed by atoms with van der Waals surface area (Å²) in [5.41, 5.74) is -0.836. The zero-order valence-corrected chi connectivity index (χ0v) is 23.9. The van der Waals surface area contributed by atoms with E-state index in [1.807, 2.05) is 34.6 Å². The molecule has 0 aromatic rings. The molecular weight excluding hydrogens is 480 g/mol. The van der Waals surface area contributed by atoms with Gasteiger partial charge in [-0.25, -0.2) is 0 Å². The lowest BCUT2D eigenvalue weighted by molar-refractivity contribution is -0.131. The topological polar surface area (TPSA) is 160 Å². The van der Waals surface area contributed by atoms with E-state index in [-0.39, 0.29) is 43.0 Å². The van der Waals surface area contributed by atoms with Crippen LogP contribution in [0.4, 0.5) is 0 Å². The molecule has 4 N–H and O–H groups in total. The van der Waals surface area contributed by atoms with Crippen molar-refractivity contribution in [2.75, 3.05) is 52.6 Å². The molecule has 0 rings (SSSR count). The summed E-state index contributed by atoms with van der Waals surface area (Å²) in [5, 5.41) is 18.6. The molecule has 0 spiro atoms. The van der Waals surface area contributed by atoms with E-state index in [0.717, 1.165) is 19.3 Å². The van der Waals surface area contributed by atoms with Gasteiger partial charge in [-0.15, -0.1) is 0 Å². The van der Waals surface area contributed by atoms with Crippen molar-refractivity contribution in [1.29, 1.82) is 0 Å². The Bertz CT molecular complexity index is 644. The van der Waals surface area contributed by atoms with E-state index in [1.165, 1.54) is 0 Å². The van der Waals surface area contributed by atoms with E-state index in [2.05, 4.69) is 31.6 Å². The summed E-state index contributed by atoms with van der Waals surface area (Å²) >= 11 is 0. The van der Waals surface area contributed by atoms with Gasteiger partial charge in [0.25, 0.3) is 0 Å². The minimum atomic E-state index is -0.418. The Labute approximate surface area is 222 Å². The van der Waals surface area contributed by atoms with Crippen molar-refractivity contribution in [3.63, 3.8) is 0 Å². The predicted molar refractivity (Wildman–Crippen MR) is 145 cm³/mol. The molecule has 0 saturated heterocycles. The molecule has 0 saturated carbocycles. The van der Waals surface area contributed by atoms with Crippen LogP contribution in [0.25, 0.3) is 0 Å². The van der Waals surface area contributed by atoms with Gasteiger partial charge < -0.3 is 30.7 Å². The number of nitroso groups, excluding NO2 is 2. The zero-order valence-electron chi connectivity index (χ0n) is 23.9. The van der Waals surface area contributed by atoms with Crippen LogP contribution in [0, 0.1) is 15.7 Å². The largest absolute Gasteiger partial charge is 0.380 e. The average molecular weight is 531 g/mol.